The van der Waals surface area contributed by atoms with Crippen LogP contribution in [-0.2, 0) is 16.7 Å². The molecule has 0 unspecified atom stereocenters. The molecule has 3 aromatic rings. The molecule has 6 nitrogen and oxygen atoms in total. The first-order valence-corrected chi connectivity index (χ1v) is 10.3. The number of rotatable bonds is 7. The second-order valence-electron chi connectivity index (χ2n) is 6.19. The highest BCUT2D eigenvalue weighted by Crippen LogP contribution is 2.24. The average molecular weight is 395 g/mol. The molecule has 0 amide bonds. The van der Waals surface area contributed by atoms with Crippen LogP contribution in [-0.4, -0.2) is 19.5 Å². The van der Waals surface area contributed by atoms with E-state index in [4.69, 9.17) is 4.55 Å². The third-order valence-corrected chi connectivity index (χ3v) is 5.06. The maximum absolute atomic E-state index is 11.2. The molecule has 0 aliphatic rings. The summed E-state index contributed by atoms with van der Waals surface area (Å²) in [5.41, 5.74) is 3.32. The molecule has 7 heteroatoms. The first-order chi connectivity index (χ1) is 13.5. The predicted octanol–water partition coefficient (Wildman–Crippen LogP) is 5.38. The molecule has 0 aliphatic heterocycles. The molecule has 0 atom stereocenters. The molecular formula is C21H21N3O3S. The normalized spacial score (nSPS) is 11.6. The molecule has 0 radical (unpaired) electrons. The summed E-state index contributed by atoms with van der Waals surface area (Å²) < 4.78 is 31.5. The van der Waals surface area contributed by atoms with Crippen molar-refractivity contribution in [3.8, 4) is 0 Å². The van der Waals surface area contributed by atoms with Crippen LogP contribution in [0, 0.1) is 0 Å². The lowest BCUT2D eigenvalue weighted by Gasteiger charge is -2.23. The van der Waals surface area contributed by atoms with Crippen LogP contribution in [0.1, 0.15) is 12.5 Å². The van der Waals surface area contributed by atoms with Gasteiger partial charge in [-0.3, -0.25) is 4.55 Å². The average Bonchev–Trinajstić information content (AvgIpc) is 2.71. The van der Waals surface area contributed by atoms with Gasteiger partial charge < -0.3 is 4.90 Å². The van der Waals surface area contributed by atoms with E-state index < -0.39 is 10.1 Å². The molecule has 0 saturated carbocycles. The smallest absolute Gasteiger partial charge is 0.294 e. The maximum atomic E-state index is 11.2. The fourth-order valence-corrected chi connectivity index (χ4v) is 3.26. The van der Waals surface area contributed by atoms with Crippen LogP contribution < -0.4 is 4.90 Å². The van der Waals surface area contributed by atoms with E-state index in [2.05, 4.69) is 34.2 Å². The summed E-state index contributed by atoms with van der Waals surface area (Å²) in [7, 11) is -4.26. The predicted molar refractivity (Wildman–Crippen MR) is 110 cm³/mol. The molecule has 3 rings (SSSR count). The summed E-state index contributed by atoms with van der Waals surface area (Å²) in [6.07, 6.45) is 0. The van der Waals surface area contributed by atoms with Gasteiger partial charge >= 0.3 is 0 Å². The third-order valence-electron chi connectivity index (χ3n) is 4.21. The van der Waals surface area contributed by atoms with Gasteiger partial charge in [-0.15, -0.1) is 0 Å². The van der Waals surface area contributed by atoms with Crippen molar-refractivity contribution in [2.24, 2.45) is 10.2 Å². The molecule has 0 bridgehead atoms. The number of hydrogen-bond acceptors (Lipinski definition) is 5. The van der Waals surface area contributed by atoms with E-state index in [-0.39, 0.29) is 4.90 Å². The molecule has 0 saturated heterocycles. The van der Waals surface area contributed by atoms with Crippen molar-refractivity contribution in [2.75, 3.05) is 11.4 Å². The van der Waals surface area contributed by atoms with E-state index in [1.807, 2.05) is 42.5 Å². The van der Waals surface area contributed by atoms with Gasteiger partial charge in [0.2, 0.25) is 0 Å². The Hall–Kier alpha value is -3.03. The van der Waals surface area contributed by atoms with Gasteiger partial charge in [-0.25, -0.2) is 0 Å². The van der Waals surface area contributed by atoms with Gasteiger partial charge in [0, 0.05) is 18.8 Å². The van der Waals surface area contributed by atoms with Gasteiger partial charge in [0.15, 0.2) is 0 Å². The van der Waals surface area contributed by atoms with Gasteiger partial charge in [-0.1, -0.05) is 36.4 Å². The SMILES string of the molecule is CCN(Cc1ccccc1)c1ccc(N=Nc2cccc(S(=O)(=O)O)c2)cc1. The highest BCUT2D eigenvalue weighted by atomic mass is 32.2. The Morgan fingerprint density at radius 1 is 0.857 bits per heavy atom. The van der Waals surface area contributed by atoms with Crippen LogP contribution >= 0.6 is 0 Å². The van der Waals surface area contributed by atoms with Crippen molar-refractivity contribution < 1.29 is 13.0 Å². The van der Waals surface area contributed by atoms with Gasteiger partial charge in [-0.2, -0.15) is 18.6 Å². The van der Waals surface area contributed by atoms with Crippen molar-refractivity contribution in [2.45, 2.75) is 18.4 Å². The first kappa shape index (κ1) is 19.7. The van der Waals surface area contributed by atoms with Crippen molar-refractivity contribution in [1.29, 1.82) is 0 Å². The minimum atomic E-state index is -4.26. The van der Waals surface area contributed by atoms with Crippen molar-refractivity contribution in [3.05, 3.63) is 84.4 Å². The Morgan fingerprint density at radius 2 is 1.54 bits per heavy atom. The van der Waals surface area contributed by atoms with Gasteiger partial charge in [0.05, 0.1) is 16.3 Å². The minimum absolute atomic E-state index is 0.209. The minimum Gasteiger partial charge on any atom is -0.367 e. The van der Waals surface area contributed by atoms with E-state index in [1.54, 1.807) is 6.07 Å². The number of hydrogen-bond donors (Lipinski definition) is 1. The lowest BCUT2D eigenvalue weighted by molar-refractivity contribution is 0.483. The Labute approximate surface area is 164 Å². The summed E-state index contributed by atoms with van der Waals surface area (Å²) in [5, 5.41) is 8.19. The molecule has 0 aliphatic carbocycles. The third kappa shape index (κ3) is 5.25. The summed E-state index contributed by atoms with van der Waals surface area (Å²) in [5.74, 6) is 0. The lowest BCUT2D eigenvalue weighted by Crippen LogP contribution is -2.21. The summed E-state index contributed by atoms with van der Waals surface area (Å²) >= 11 is 0. The molecule has 28 heavy (non-hydrogen) atoms. The highest BCUT2D eigenvalue weighted by Gasteiger charge is 2.09. The zero-order chi connectivity index (χ0) is 20.0. The second-order valence-corrected chi connectivity index (χ2v) is 7.61. The number of azo groups is 1. The Kier molecular flexibility index (Phi) is 6.18. The van der Waals surface area contributed by atoms with Gasteiger partial charge in [0.25, 0.3) is 10.1 Å². The fourth-order valence-electron chi connectivity index (χ4n) is 2.74. The molecule has 0 fully saturated rings. The van der Waals surface area contributed by atoms with Crippen LogP contribution in [0.4, 0.5) is 17.1 Å². The summed E-state index contributed by atoms with van der Waals surface area (Å²) in [4.78, 5) is 2.05. The molecule has 144 valence electrons. The van der Waals surface area contributed by atoms with E-state index in [1.165, 1.54) is 23.8 Å². The number of nitrogens with zero attached hydrogens (tertiary/aromatic N) is 3. The van der Waals surface area contributed by atoms with Crippen LogP contribution in [0.15, 0.2) is 94.0 Å². The zero-order valence-electron chi connectivity index (χ0n) is 15.4. The van der Waals surface area contributed by atoms with Crippen molar-refractivity contribution >= 4 is 27.2 Å². The quantitative estimate of drug-likeness (QED) is 0.430. The topological polar surface area (TPSA) is 82.3 Å². The van der Waals surface area contributed by atoms with E-state index >= 15 is 0 Å². The largest absolute Gasteiger partial charge is 0.367 e. The second kappa shape index (κ2) is 8.77. The summed E-state index contributed by atoms with van der Waals surface area (Å²) in [6.45, 7) is 3.80. The number of anilines is 1. The van der Waals surface area contributed by atoms with E-state index in [0.717, 1.165) is 18.8 Å². The standard InChI is InChI=1S/C21H21N3O3S/c1-2-24(16-17-7-4-3-5-8-17)20-13-11-18(12-14-20)22-23-19-9-6-10-21(15-19)28(25,26)27/h3-15H,2,16H2,1H3,(H,25,26,27). The van der Waals surface area contributed by atoms with Crippen molar-refractivity contribution in [1.82, 2.24) is 0 Å². The molecule has 3 aromatic carbocycles. The van der Waals surface area contributed by atoms with E-state index in [0.29, 0.717) is 11.4 Å². The molecule has 0 spiro atoms. The molecular weight excluding hydrogens is 374 g/mol. The molecule has 0 heterocycles. The zero-order valence-corrected chi connectivity index (χ0v) is 16.2. The first-order valence-electron chi connectivity index (χ1n) is 8.84. The van der Waals surface area contributed by atoms with E-state index in [9.17, 15) is 8.42 Å². The maximum Gasteiger partial charge on any atom is 0.294 e. The van der Waals surface area contributed by atoms with Crippen LogP contribution in [0.2, 0.25) is 0 Å². The van der Waals surface area contributed by atoms with Crippen LogP contribution in [0.5, 0.6) is 0 Å². The Morgan fingerprint density at radius 3 is 2.18 bits per heavy atom. The monoisotopic (exact) mass is 395 g/mol. The fraction of sp³-hybridized carbons (Fsp3) is 0.143. The highest BCUT2D eigenvalue weighted by molar-refractivity contribution is 7.85. The molecule has 1 N–H and O–H groups in total. The van der Waals surface area contributed by atoms with Crippen LogP contribution in [0.25, 0.3) is 0 Å². The number of benzene rings is 3. The van der Waals surface area contributed by atoms with Gasteiger partial charge in [-0.05, 0) is 55.0 Å². The van der Waals surface area contributed by atoms with Gasteiger partial charge in [0.1, 0.15) is 0 Å². The van der Waals surface area contributed by atoms with Crippen molar-refractivity contribution in [3.63, 3.8) is 0 Å². The Bertz CT molecular complexity index is 1050. The lowest BCUT2D eigenvalue weighted by atomic mass is 10.2. The summed E-state index contributed by atoms with van der Waals surface area (Å²) in [6, 6.07) is 23.6. The van der Waals surface area contributed by atoms with Crippen LogP contribution in [0.3, 0.4) is 0 Å². The molecule has 0 aromatic heterocycles. The Balaban J connectivity index is 1.72.